The normalized spacial score (nSPS) is 19.0. The Morgan fingerprint density at radius 2 is 2.00 bits per heavy atom. The fourth-order valence-electron chi connectivity index (χ4n) is 3.90. The summed E-state index contributed by atoms with van der Waals surface area (Å²) >= 11 is 0. The summed E-state index contributed by atoms with van der Waals surface area (Å²) in [5.74, 6) is -0.622. The van der Waals surface area contributed by atoms with E-state index in [2.05, 4.69) is 47.8 Å². The molecule has 0 atom stereocenters. The van der Waals surface area contributed by atoms with Crippen LogP contribution in [0.25, 0.3) is 22.3 Å². The number of H-pyrrole nitrogens is 1. The van der Waals surface area contributed by atoms with Crippen molar-refractivity contribution in [1.29, 1.82) is 0 Å². The molecule has 1 saturated heterocycles. The summed E-state index contributed by atoms with van der Waals surface area (Å²) in [7, 11) is 0. The Hall–Kier alpha value is -2.51. The van der Waals surface area contributed by atoms with E-state index in [1.165, 1.54) is 6.07 Å². The van der Waals surface area contributed by atoms with Crippen molar-refractivity contribution in [1.82, 2.24) is 20.1 Å². The van der Waals surface area contributed by atoms with Crippen molar-refractivity contribution >= 4 is 11.0 Å². The molecule has 6 nitrogen and oxygen atoms in total. The molecule has 154 valence electrons. The van der Waals surface area contributed by atoms with Gasteiger partial charge in [0.1, 0.15) is 11.6 Å². The largest absolute Gasteiger partial charge is 0.508 e. The van der Waals surface area contributed by atoms with Crippen LogP contribution in [0.15, 0.2) is 24.3 Å². The third-order valence-electron chi connectivity index (χ3n) is 5.62. The van der Waals surface area contributed by atoms with E-state index in [4.69, 9.17) is 4.74 Å². The molecule has 0 unspecified atom stereocenters. The topological polar surface area (TPSA) is 74.3 Å². The number of nitrogens with one attached hydrogen (secondary N) is 1. The number of hydrogen-bond donors (Lipinski definition) is 2. The van der Waals surface area contributed by atoms with Crippen molar-refractivity contribution in [3.63, 3.8) is 0 Å². The molecule has 1 aliphatic heterocycles. The maximum atomic E-state index is 14.5. The molecule has 1 aliphatic rings. The van der Waals surface area contributed by atoms with Crippen molar-refractivity contribution in [2.24, 2.45) is 0 Å². The Morgan fingerprint density at radius 1 is 1.24 bits per heavy atom. The SMILES string of the molecule is Cc1[nH]nc2nc(-c3ccc(O)cc3F)cc(CN3CC(C)(C)OCC3(C)C)c12. The lowest BCUT2D eigenvalue weighted by Crippen LogP contribution is -2.59. The number of phenolic OH excluding ortho intramolecular Hbond substituents is 1. The van der Waals surface area contributed by atoms with E-state index < -0.39 is 5.82 Å². The summed E-state index contributed by atoms with van der Waals surface area (Å²) < 4.78 is 20.5. The van der Waals surface area contributed by atoms with Gasteiger partial charge in [-0.3, -0.25) is 10.00 Å². The van der Waals surface area contributed by atoms with Gasteiger partial charge in [0.15, 0.2) is 5.65 Å². The summed E-state index contributed by atoms with van der Waals surface area (Å²) in [5, 5.41) is 17.8. The molecule has 2 N–H and O–H groups in total. The molecule has 7 heteroatoms. The monoisotopic (exact) mass is 398 g/mol. The molecular weight excluding hydrogens is 371 g/mol. The number of rotatable bonds is 3. The molecule has 0 amide bonds. The molecular formula is C22H27FN4O2. The molecule has 2 aromatic heterocycles. The van der Waals surface area contributed by atoms with Crippen LogP contribution in [0, 0.1) is 12.7 Å². The zero-order valence-electron chi connectivity index (χ0n) is 17.5. The maximum absolute atomic E-state index is 14.5. The number of aromatic amines is 1. The predicted octanol–water partition coefficient (Wildman–Crippen LogP) is 4.17. The van der Waals surface area contributed by atoms with Gasteiger partial charge in [-0.05, 0) is 58.4 Å². The quantitative estimate of drug-likeness (QED) is 0.693. The van der Waals surface area contributed by atoms with E-state index in [0.717, 1.165) is 29.3 Å². The number of ether oxygens (including phenoxy) is 1. The van der Waals surface area contributed by atoms with E-state index in [1.54, 1.807) is 6.07 Å². The number of pyridine rings is 1. The van der Waals surface area contributed by atoms with Gasteiger partial charge in [-0.1, -0.05) is 0 Å². The molecule has 29 heavy (non-hydrogen) atoms. The lowest BCUT2D eigenvalue weighted by atomic mass is 9.94. The Balaban J connectivity index is 1.81. The van der Waals surface area contributed by atoms with Crippen molar-refractivity contribution < 1.29 is 14.2 Å². The predicted molar refractivity (Wildman–Crippen MR) is 110 cm³/mol. The van der Waals surface area contributed by atoms with Crippen LogP contribution in [-0.2, 0) is 11.3 Å². The summed E-state index contributed by atoms with van der Waals surface area (Å²) in [4.78, 5) is 6.97. The van der Waals surface area contributed by atoms with Crippen molar-refractivity contribution in [3.05, 3.63) is 41.3 Å². The van der Waals surface area contributed by atoms with Crippen LogP contribution in [0.4, 0.5) is 4.39 Å². The highest BCUT2D eigenvalue weighted by atomic mass is 19.1. The van der Waals surface area contributed by atoms with Crippen LogP contribution in [0.2, 0.25) is 0 Å². The van der Waals surface area contributed by atoms with E-state index in [0.29, 0.717) is 30.1 Å². The number of aromatic nitrogens is 3. The van der Waals surface area contributed by atoms with E-state index in [9.17, 15) is 9.50 Å². The summed E-state index contributed by atoms with van der Waals surface area (Å²) in [6.07, 6.45) is 0. The smallest absolute Gasteiger partial charge is 0.182 e. The Morgan fingerprint density at radius 3 is 2.72 bits per heavy atom. The minimum Gasteiger partial charge on any atom is -0.508 e. The third kappa shape index (κ3) is 3.72. The average molecular weight is 398 g/mol. The summed E-state index contributed by atoms with van der Waals surface area (Å²) in [6, 6.07) is 6.04. The number of aromatic hydroxyl groups is 1. The molecule has 3 heterocycles. The first-order valence-corrected chi connectivity index (χ1v) is 9.78. The zero-order chi connectivity index (χ0) is 21.0. The number of hydrogen-bond acceptors (Lipinski definition) is 5. The number of nitrogens with zero attached hydrogens (tertiary/aromatic N) is 3. The first-order valence-electron chi connectivity index (χ1n) is 9.78. The standard InChI is InChI=1S/C22H27FN4O2/c1-13-19-14(10-27-11-22(4,5)29-12-21(27,2)3)8-18(24-20(19)26-25-13)16-7-6-15(28)9-17(16)23/h6-9,28H,10-12H2,1-5H3,(H,24,25,26). The van der Waals surface area contributed by atoms with E-state index in [1.807, 2.05) is 13.0 Å². The molecule has 0 bridgehead atoms. The van der Waals surface area contributed by atoms with E-state index >= 15 is 0 Å². The van der Waals surface area contributed by atoms with Crippen LogP contribution in [0.5, 0.6) is 5.75 Å². The molecule has 0 saturated carbocycles. The Bertz CT molecular complexity index is 1070. The van der Waals surface area contributed by atoms with Crippen LogP contribution >= 0.6 is 0 Å². The second-order valence-electron chi connectivity index (χ2n) is 9.09. The average Bonchev–Trinajstić information content (AvgIpc) is 3.00. The van der Waals surface area contributed by atoms with Crippen molar-refractivity contribution in [2.45, 2.75) is 52.3 Å². The Kier molecular flexibility index (Phi) is 4.63. The molecule has 4 rings (SSSR count). The first kappa shape index (κ1) is 19.8. The van der Waals surface area contributed by atoms with Gasteiger partial charge in [-0.15, -0.1) is 0 Å². The van der Waals surface area contributed by atoms with Crippen molar-refractivity contribution in [2.75, 3.05) is 13.2 Å². The minimum atomic E-state index is -0.511. The van der Waals surface area contributed by atoms with Crippen LogP contribution in [0.3, 0.4) is 0 Å². The van der Waals surface area contributed by atoms with Crippen molar-refractivity contribution in [3.8, 4) is 17.0 Å². The molecule has 0 aliphatic carbocycles. The molecule has 0 spiro atoms. The minimum absolute atomic E-state index is 0.111. The van der Waals surface area contributed by atoms with Gasteiger partial charge < -0.3 is 9.84 Å². The number of aryl methyl sites for hydroxylation is 1. The van der Waals surface area contributed by atoms with Gasteiger partial charge in [-0.2, -0.15) is 5.10 Å². The maximum Gasteiger partial charge on any atom is 0.182 e. The highest BCUT2D eigenvalue weighted by molar-refractivity contribution is 5.84. The van der Waals surface area contributed by atoms with Gasteiger partial charge in [0.25, 0.3) is 0 Å². The van der Waals surface area contributed by atoms with Crippen LogP contribution in [-0.4, -0.2) is 49.5 Å². The lowest BCUT2D eigenvalue weighted by Gasteiger charge is -2.48. The second-order valence-corrected chi connectivity index (χ2v) is 9.09. The molecule has 1 aromatic carbocycles. The summed E-state index contributed by atoms with van der Waals surface area (Å²) in [5.41, 5.74) is 3.01. The van der Waals surface area contributed by atoms with Crippen LogP contribution in [0.1, 0.15) is 39.0 Å². The summed E-state index contributed by atoms with van der Waals surface area (Å²) in [6.45, 7) is 12.6. The molecule has 1 fully saturated rings. The number of phenols is 1. The highest BCUT2D eigenvalue weighted by Crippen LogP contribution is 2.33. The Labute approximate surface area is 169 Å². The number of halogens is 1. The molecule has 0 radical (unpaired) electrons. The fraction of sp³-hybridized carbons (Fsp3) is 0.455. The van der Waals surface area contributed by atoms with Gasteiger partial charge in [0.05, 0.1) is 17.9 Å². The number of benzene rings is 1. The van der Waals surface area contributed by atoms with Gasteiger partial charge >= 0.3 is 0 Å². The van der Waals surface area contributed by atoms with Crippen LogP contribution < -0.4 is 0 Å². The number of morpholine rings is 1. The third-order valence-corrected chi connectivity index (χ3v) is 5.62. The highest BCUT2D eigenvalue weighted by Gasteiger charge is 2.39. The zero-order valence-corrected chi connectivity index (χ0v) is 17.5. The van der Waals surface area contributed by atoms with Gasteiger partial charge in [-0.25, -0.2) is 9.37 Å². The molecule has 3 aromatic rings. The van der Waals surface area contributed by atoms with Gasteiger partial charge in [0.2, 0.25) is 0 Å². The second kappa shape index (κ2) is 6.78. The van der Waals surface area contributed by atoms with Gasteiger partial charge in [0, 0.05) is 41.3 Å². The first-order chi connectivity index (χ1) is 13.6. The number of fused-ring (bicyclic) bond motifs is 1. The fourth-order valence-corrected chi connectivity index (χ4v) is 3.90. The van der Waals surface area contributed by atoms with E-state index in [-0.39, 0.29) is 16.9 Å². The lowest BCUT2D eigenvalue weighted by molar-refractivity contribution is -0.146.